The van der Waals surface area contributed by atoms with E-state index in [-0.39, 0.29) is 17.7 Å². The summed E-state index contributed by atoms with van der Waals surface area (Å²) in [6.07, 6.45) is 2.35. The van der Waals surface area contributed by atoms with E-state index in [1.807, 2.05) is 0 Å². The number of halogens is 1. The summed E-state index contributed by atoms with van der Waals surface area (Å²) in [7, 11) is 1.61. The highest BCUT2D eigenvalue weighted by Crippen LogP contribution is 2.23. The molecule has 0 saturated carbocycles. The quantitative estimate of drug-likeness (QED) is 0.203. The summed E-state index contributed by atoms with van der Waals surface area (Å²) in [5, 5.41) is 9.94. The van der Waals surface area contributed by atoms with E-state index in [9.17, 15) is 9.18 Å². The maximum absolute atomic E-state index is 14.3. The lowest BCUT2D eigenvalue weighted by Crippen LogP contribution is -2.08. The Kier molecular flexibility index (Phi) is 8.41. The first kappa shape index (κ1) is 23.0. The largest absolute Gasteiger partial charge is 0.491 e. The lowest BCUT2D eigenvalue weighted by Gasteiger charge is -2.11. The molecule has 1 amide bonds. The van der Waals surface area contributed by atoms with E-state index in [1.54, 1.807) is 55.6 Å². The molecule has 3 rings (SSSR count). The first-order valence-electron chi connectivity index (χ1n) is 9.57. The molecule has 3 N–H and O–H groups in total. The van der Waals surface area contributed by atoms with Crippen molar-refractivity contribution >= 4 is 47.4 Å². The smallest absolute Gasteiger partial charge is 0.248 e. The molecule has 1 heterocycles. The van der Waals surface area contributed by atoms with Crippen LogP contribution in [0.15, 0.2) is 66.2 Å². The monoisotopic (exact) mass is 455 g/mol. The number of hydrogen-bond donors (Lipinski definition) is 4. The van der Waals surface area contributed by atoms with Crippen LogP contribution < -0.4 is 20.7 Å². The zero-order valence-electron chi connectivity index (χ0n) is 17.2. The van der Waals surface area contributed by atoms with Crippen LogP contribution in [-0.2, 0) is 9.53 Å². The van der Waals surface area contributed by atoms with Gasteiger partial charge in [-0.25, -0.2) is 9.37 Å². The zero-order valence-corrected chi connectivity index (χ0v) is 18.1. The Balaban J connectivity index is 1.68. The van der Waals surface area contributed by atoms with Crippen molar-refractivity contribution in [3.63, 3.8) is 0 Å². The van der Waals surface area contributed by atoms with Gasteiger partial charge in [0.15, 0.2) is 11.6 Å². The van der Waals surface area contributed by atoms with Gasteiger partial charge in [0.25, 0.3) is 0 Å². The highest BCUT2D eigenvalue weighted by molar-refractivity contribution is 7.83. The Bertz CT molecular complexity index is 1080. The van der Waals surface area contributed by atoms with Crippen LogP contribution in [0.4, 0.5) is 33.2 Å². The number of methoxy groups -OCH3 is 1. The first-order valence-corrected chi connectivity index (χ1v) is 10.1. The second-order valence-electron chi connectivity index (χ2n) is 6.39. The SMILES string of the molecule is COCCOc1ccc(Nc2ncc(F)c(Nc3cccc(NC(=O)/C=C/S)c3)n2)cc1. The van der Waals surface area contributed by atoms with E-state index >= 15 is 0 Å². The topological polar surface area (TPSA) is 97.4 Å². The third-order valence-corrected chi connectivity index (χ3v) is 4.18. The lowest BCUT2D eigenvalue weighted by atomic mass is 10.2. The molecule has 0 spiro atoms. The van der Waals surface area contributed by atoms with Crippen molar-refractivity contribution in [1.29, 1.82) is 0 Å². The van der Waals surface area contributed by atoms with Crippen molar-refractivity contribution in [2.24, 2.45) is 0 Å². The number of rotatable bonds is 10. The lowest BCUT2D eigenvalue weighted by molar-refractivity contribution is -0.111. The molecule has 32 heavy (non-hydrogen) atoms. The summed E-state index contributed by atoms with van der Waals surface area (Å²) in [5.41, 5.74) is 1.79. The number of aromatic nitrogens is 2. The highest BCUT2D eigenvalue weighted by atomic mass is 32.1. The second kappa shape index (κ2) is 11.7. The van der Waals surface area contributed by atoms with E-state index in [0.29, 0.717) is 36.0 Å². The summed E-state index contributed by atoms with van der Waals surface area (Å²) < 4.78 is 24.7. The molecule has 3 aromatic rings. The van der Waals surface area contributed by atoms with Crippen molar-refractivity contribution in [2.45, 2.75) is 0 Å². The number of ether oxygens (including phenoxy) is 2. The number of carbonyl (C=O) groups is 1. The summed E-state index contributed by atoms with van der Waals surface area (Å²) in [6, 6.07) is 14.0. The van der Waals surface area contributed by atoms with Crippen molar-refractivity contribution in [1.82, 2.24) is 9.97 Å². The van der Waals surface area contributed by atoms with Gasteiger partial charge in [0.1, 0.15) is 12.4 Å². The van der Waals surface area contributed by atoms with E-state index in [1.165, 1.54) is 11.5 Å². The van der Waals surface area contributed by atoms with Gasteiger partial charge >= 0.3 is 0 Å². The number of nitrogens with one attached hydrogen (secondary N) is 3. The molecule has 0 unspecified atom stereocenters. The second-order valence-corrected chi connectivity index (χ2v) is 6.69. The number of carbonyl (C=O) groups excluding carboxylic acids is 1. The molecular weight excluding hydrogens is 433 g/mol. The number of nitrogens with zero attached hydrogens (tertiary/aromatic N) is 2. The summed E-state index contributed by atoms with van der Waals surface area (Å²) in [5.74, 6) is -0.0465. The molecule has 166 valence electrons. The van der Waals surface area contributed by atoms with Crippen molar-refractivity contribution in [3.8, 4) is 5.75 Å². The van der Waals surface area contributed by atoms with E-state index < -0.39 is 5.82 Å². The molecule has 0 atom stereocenters. The molecule has 0 aliphatic heterocycles. The highest BCUT2D eigenvalue weighted by Gasteiger charge is 2.09. The number of anilines is 5. The Morgan fingerprint density at radius 3 is 2.62 bits per heavy atom. The Hall–Kier alpha value is -3.63. The van der Waals surface area contributed by atoms with Crippen LogP contribution in [0.1, 0.15) is 0 Å². The maximum atomic E-state index is 14.3. The van der Waals surface area contributed by atoms with Gasteiger partial charge in [-0.2, -0.15) is 17.6 Å². The van der Waals surface area contributed by atoms with Crippen molar-refractivity contribution < 1.29 is 18.7 Å². The van der Waals surface area contributed by atoms with Gasteiger partial charge in [-0.1, -0.05) is 6.07 Å². The van der Waals surface area contributed by atoms with Crippen LogP contribution in [0.3, 0.4) is 0 Å². The molecule has 0 aliphatic carbocycles. The number of benzene rings is 2. The van der Waals surface area contributed by atoms with Gasteiger partial charge in [0.2, 0.25) is 11.9 Å². The van der Waals surface area contributed by atoms with Gasteiger partial charge in [-0.05, 0) is 47.9 Å². The molecular formula is C22H22FN5O3S. The van der Waals surface area contributed by atoms with Crippen molar-refractivity contribution in [2.75, 3.05) is 36.3 Å². The van der Waals surface area contributed by atoms with E-state index in [4.69, 9.17) is 9.47 Å². The fraction of sp³-hybridized carbons (Fsp3) is 0.136. The number of amides is 1. The normalized spacial score (nSPS) is 10.7. The van der Waals surface area contributed by atoms with E-state index in [2.05, 4.69) is 38.5 Å². The average molecular weight is 456 g/mol. The van der Waals surface area contributed by atoms with Gasteiger partial charge < -0.3 is 25.4 Å². The molecule has 0 bridgehead atoms. The first-order chi connectivity index (χ1) is 15.6. The zero-order chi connectivity index (χ0) is 22.8. The van der Waals surface area contributed by atoms with Crippen LogP contribution in [0.25, 0.3) is 0 Å². The van der Waals surface area contributed by atoms with Crippen molar-refractivity contribution in [3.05, 3.63) is 72.0 Å². The Morgan fingerprint density at radius 2 is 1.88 bits per heavy atom. The van der Waals surface area contributed by atoms with Gasteiger partial charge in [0.05, 0.1) is 12.8 Å². The molecule has 10 heteroatoms. The molecule has 0 aliphatic rings. The summed E-state index contributed by atoms with van der Waals surface area (Å²) in [6.45, 7) is 0.956. The maximum Gasteiger partial charge on any atom is 0.248 e. The van der Waals surface area contributed by atoms with Crippen LogP contribution in [-0.4, -0.2) is 36.2 Å². The number of hydrogen-bond acceptors (Lipinski definition) is 8. The standard InChI is InChI=1S/C22H22FN5O3S/c1-30-10-11-31-18-7-5-15(6-8-18)27-22-24-14-19(23)21(28-22)26-17-4-2-3-16(13-17)25-20(29)9-12-32/h2-9,12-14,32H,10-11H2,1H3,(H,25,29)(H2,24,26,27,28)/b12-9+. The van der Waals surface area contributed by atoms with E-state index in [0.717, 1.165) is 6.20 Å². The molecule has 0 fully saturated rings. The van der Waals surface area contributed by atoms with Gasteiger partial charge in [0, 0.05) is 30.2 Å². The van der Waals surface area contributed by atoms with Crippen LogP contribution >= 0.6 is 12.6 Å². The summed E-state index contributed by atoms with van der Waals surface area (Å²) >= 11 is 3.86. The molecule has 8 nitrogen and oxygen atoms in total. The minimum atomic E-state index is -0.620. The fourth-order valence-electron chi connectivity index (χ4n) is 2.58. The third-order valence-electron chi connectivity index (χ3n) is 4.03. The Labute approximate surface area is 190 Å². The molecule has 0 radical (unpaired) electrons. The Morgan fingerprint density at radius 1 is 1.09 bits per heavy atom. The molecule has 1 aromatic heterocycles. The predicted molar refractivity (Wildman–Crippen MR) is 126 cm³/mol. The van der Waals surface area contributed by atoms with Crippen LogP contribution in [0.2, 0.25) is 0 Å². The minimum absolute atomic E-state index is 0.0132. The fourth-order valence-corrected chi connectivity index (χ4v) is 2.72. The molecule has 2 aromatic carbocycles. The third kappa shape index (κ3) is 6.96. The van der Waals surface area contributed by atoms with Crippen LogP contribution in [0.5, 0.6) is 5.75 Å². The average Bonchev–Trinajstić information content (AvgIpc) is 2.78. The van der Waals surface area contributed by atoms with Gasteiger partial charge in [-0.15, -0.1) is 0 Å². The predicted octanol–water partition coefficient (Wildman–Crippen LogP) is 4.51. The number of thiol groups is 1. The molecule has 0 saturated heterocycles. The van der Waals surface area contributed by atoms with Gasteiger partial charge in [-0.3, -0.25) is 4.79 Å². The summed E-state index contributed by atoms with van der Waals surface area (Å²) in [4.78, 5) is 19.9. The van der Waals surface area contributed by atoms with Crippen LogP contribution in [0, 0.1) is 5.82 Å². The minimum Gasteiger partial charge on any atom is -0.491 e.